The Kier molecular flexibility index (Phi) is 9.31. The van der Waals surface area contributed by atoms with Crippen molar-refractivity contribution < 1.29 is 9.18 Å². The Morgan fingerprint density at radius 1 is 0.968 bits per heavy atom. The first-order valence-electron chi connectivity index (χ1n) is 10.8. The number of halogens is 1. The molecule has 0 atom stereocenters. The molecular weight excluding hydrogens is 393 g/mol. The van der Waals surface area contributed by atoms with Gasteiger partial charge in [0.05, 0.1) is 12.2 Å². The molecule has 2 rings (SSSR count). The van der Waals surface area contributed by atoms with Crippen molar-refractivity contribution in [2.75, 3.05) is 38.6 Å². The Bertz CT molecular complexity index is 876. The molecule has 0 bridgehead atoms. The molecule has 168 valence electrons. The molecule has 0 aliphatic heterocycles. The summed E-state index contributed by atoms with van der Waals surface area (Å²) in [6.07, 6.45) is 0. The highest BCUT2D eigenvalue weighted by Crippen LogP contribution is 2.20. The van der Waals surface area contributed by atoms with Gasteiger partial charge in [0.15, 0.2) is 5.96 Å². The smallest absolute Gasteiger partial charge is 0.253 e. The maximum Gasteiger partial charge on any atom is 0.253 e. The van der Waals surface area contributed by atoms with Gasteiger partial charge < -0.3 is 20.4 Å². The van der Waals surface area contributed by atoms with Crippen molar-refractivity contribution in [2.45, 2.75) is 33.9 Å². The molecule has 2 N–H and O–H groups in total. The van der Waals surface area contributed by atoms with Crippen LogP contribution in [0.5, 0.6) is 0 Å². The summed E-state index contributed by atoms with van der Waals surface area (Å²) in [4.78, 5) is 20.1. The van der Waals surface area contributed by atoms with Gasteiger partial charge in [-0.05, 0) is 56.2 Å². The van der Waals surface area contributed by atoms with E-state index in [1.165, 1.54) is 0 Å². The number of guanidine groups is 1. The van der Waals surface area contributed by atoms with E-state index in [-0.39, 0.29) is 11.7 Å². The highest BCUT2D eigenvalue weighted by Gasteiger charge is 2.10. The Hall–Kier alpha value is -3.09. The van der Waals surface area contributed by atoms with Gasteiger partial charge in [0.1, 0.15) is 5.82 Å². The molecular formula is C24H34FN5O. The highest BCUT2D eigenvalue weighted by molar-refractivity contribution is 5.93. The van der Waals surface area contributed by atoms with Crippen molar-refractivity contribution >= 4 is 17.6 Å². The van der Waals surface area contributed by atoms with Crippen molar-refractivity contribution in [3.8, 4) is 0 Å². The van der Waals surface area contributed by atoms with Crippen LogP contribution in [0.25, 0.3) is 0 Å². The van der Waals surface area contributed by atoms with E-state index in [1.807, 2.05) is 62.1 Å². The van der Waals surface area contributed by atoms with Crippen LogP contribution in [-0.4, -0.2) is 50.5 Å². The normalized spacial score (nSPS) is 11.2. The summed E-state index contributed by atoms with van der Waals surface area (Å²) in [5, 5.41) is 6.49. The number of benzene rings is 2. The largest absolute Gasteiger partial charge is 0.370 e. The van der Waals surface area contributed by atoms with Gasteiger partial charge in [-0.25, -0.2) is 9.38 Å². The molecule has 6 nitrogen and oxygen atoms in total. The third-order valence-corrected chi connectivity index (χ3v) is 4.95. The van der Waals surface area contributed by atoms with E-state index in [0.29, 0.717) is 30.3 Å². The molecule has 0 spiro atoms. The monoisotopic (exact) mass is 427 g/mol. The molecule has 0 fully saturated rings. The van der Waals surface area contributed by atoms with Crippen LogP contribution in [0, 0.1) is 5.82 Å². The van der Waals surface area contributed by atoms with E-state index in [0.717, 1.165) is 30.8 Å². The highest BCUT2D eigenvalue weighted by atomic mass is 19.1. The van der Waals surface area contributed by atoms with Crippen molar-refractivity contribution in [1.29, 1.82) is 0 Å². The summed E-state index contributed by atoms with van der Waals surface area (Å²) in [7, 11) is 3.47. The second kappa shape index (κ2) is 11.9. The standard InChI is InChI=1S/C24H34FN5O/c1-6-26-24(27-16-18-9-12-20(13-10-18)23(31)29(4)5)28-17-19-11-14-22(21(25)15-19)30(7-2)8-3/h9-15H,6-8,16-17H2,1-5H3,(H2,26,27,28). The first-order chi connectivity index (χ1) is 14.9. The summed E-state index contributed by atoms with van der Waals surface area (Å²) in [6, 6.07) is 12.8. The molecule has 0 saturated carbocycles. The van der Waals surface area contributed by atoms with E-state index >= 15 is 0 Å². The zero-order chi connectivity index (χ0) is 22.8. The number of hydrogen-bond donors (Lipinski definition) is 2. The number of nitrogens with zero attached hydrogens (tertiary/aromatic N) is 3. The van der Waals surface area contributed by atoms with Gasteiger partial charge in [-0.15, -0.1) is 0 Å². The van der Waals surface area contributed by atoms with Gasteiger partial charge in [-0.2, -0.15) is 0 Å². The zero-order valence-corrected chi connectivity index (χ0v) is 19.2. The molecule has 7 heteroatoms. The first kappa shape index (κ1) is 24.2. The Labute approximate surface area is 185 Å². The topological polar surface area (TPSA) is 60.0 Å². The second-order valence-electron chi connectivity index (χ2n) is 7.40. The van der Waals surface area contributed by atoms with Crippen LogP contribution < -0.4 is 15.5 Å². The Morgan fingerprint density at radius 2 is 1.61 bits per heavy atom. The maximum absolute atomic E-state index is 14.5. The quantitative estimate of drug-likeness (QED) is 0.474. The van der Waals surface area contributed by atoms with Gasteiger partial charge in [0.2, 0.25) is 0 Å². The average Bonchev–Trinajstić information content (AvgIpc) is 2.77. The molecule has 0 aromatic heterocycles. The van der Waals surface area contributed by atoms with Gasteiger partial charge in [0.25, 0.3) is 5.91 Å². The van der Waals surface area contributed by atoms with Crippen LogP contribution >= 0.6 is 0 Å². The first-order valence-corrected chi connectivity index (χ1v) is 10.8. The summed E-state index contributed by atoms with van der Waals surface area (Å²) < 4.78 is 14.5. The van der Waals surface area contributed by atoms with E-state index in [4.69, 9.17) is 0 Å². The van der Waals surface area contributed by atoms with Crippen LogP contribution in [0.3, 0.4) is 0 Å². The minimum Gasteiger partial charge on any atom is -0.370 e. The second-order valence-corrected chi connectivity index (χ2v) is 7.40. The molecule has 2 aromatic carbocycles. The van der Waals surface area contributed by atoms with Crippen LogP contribution in [0.15, 0.2) is 47.5 Å². The van der Waals surface area contributed by atoms with Crippen LogP contribution in [0.4, 0.5) is 10.1 Å². The molecule has 2 aromatic rings. The fourth-order valence-electron chi connectivity index (χ4n) is 3.19. The number of anilines is 1. The lowest BCUT2D eigenvalue weighted by atomic mass is 10.1. The van der Waals surface area contributed by atoms with Gasteiger partial charge in [0, 0.05) is 45.8 Å². The Morgan fingerprint density at radius 3 is 2.16 bits per heavy atom. The number of nitrogens with one attached hydrogen (secondary N) is 2. The fourth-order valence-corrected chi connectivity index (χ4v) is 3.19. The van der Waals surface area contributed by atoms with Gasteiger partial charge >= 0.3 is 0 Å². The van der Waals surface area contributed by atoms with Gasteiger partial charge in [-0.1, -0.05) is 18.2 Å². The van der Waals surface area contributed by atoms with Crippen molar-refractivity contribution in [1.82, 2.24) is 15.5 Å². The van der Waals surface area contributed by atoms with Gasteiger partial charge in [-0.3, -0.25) is 4.79 Å². The van der Waals surface area contributed by atoms with E-state index in [2.05, 4.69) is 15.6 Å². The number of hydrogen-bond acceptors (Lipinski definition) is 3. The minimum atomic E-state index is -0.221. The zero-order valence-electron chi connectivity index (χ0n) is 19.2. The molecule has 0 saturated heterocycles. The fraction of sp³-hybridized carbons (Fsp3) is 0.417. The number of aliphatic imine (C=N–C) groups is 1. The third-order valence-electron chi connectivity index (χ3n) is 4.95. The summed E-state index contributed by atoms with van der Waals surface area (Å²) >= 11 is 0. The van der Waals surface area contributed by atoms with E-state index in [1.54, 1.807) is 25.1 Å². The molecule has 0 radical (unpaired) electrons. The molecule has 0 aliphatic carbocycles. The predicted octanol–water partition coefficient (Wildman–Crippen LogP) is 3.63. The lowest BCUT2D eigenvalue weighted by Gasteiger charge is -2.21. The summed E-state index contributed by atoms with van der Waals surface area (Å²) in [6.45, 7) is 9.23. The van der Waals surface area contributed by atoms with Crippen LogP contribution in [0.1, 0.15) is 42.3 Å². The van der Waals surface area contributed by atoms with Crippen molar-refractivity contribution in [3.05, 3.63) is 65.0 Å². The maximum atomic E-state index is 14.5. The molecule has 0 unspecified atom stereocenters. The molecule has 0 heterocycles. The lowest BCUT2D eigenvalue weighted by molar-refractivity contribution is 0.0827. The summed E-state index contributed by atoms with van der Waals surface area (Å²) in [5.74, 6) is 0.416. The molecule has 31 heavy (non-hydrogen) atoms. The summed E-state index contributed by atoms with van der Waals surface area (Å²) in [5.41, 5.74) is 3.14. The number of amides is 1. The minimum absolute atomic E-state index is 0.0198. The van der Waals surface area contributed by atoms with Crippen LogP contribution in [-0.2, 0) is 13.1 Å². The Balaban J connectivity index is 2.02. The SMILES string of the molecule is CCNC(=NCc1ccc(N(CC)CC)c(F)c1)NCc1ccc(C(=O)N(C)C)cc1. The third kappa shape index (κ3) is 6.98. The van der Waals surface area contributed by atoms with Crippen molar-refractivity contribution in [2.24, 2.45) is 4.99 Å². The van der Waals surface area contributed by atoms with E-state index < -0.39 is 0 Å². The average molecular weight is 428 g/mol. The van der Waals surface area contributed by atoms with Crippen molar-refractivity contribution in [3.63, 3.8) is 0 Å². The predicted molar refractivity (Wildman–Crippen MR) is 126 cm³/mol. The van der Waals surface area contributed by atoms with Crippen LogP contribution in [0.2, 0.25) is 0 Å². The number of rotatable bonds is 9. The number of carbonyl (C=O) groups excluding carboxylic acids is 1. The number of carbonyl (C=O) groups is 1. The lowest BCUT2D eigenvalue weighted by Crippen LogP contribution is -2.36. The van der Waals surface area contributed by atoms with E-state index in [9.17, 15) is 9.18 Å². The molecule has 1 amide bonds. The molecule has 0 aliphatic rings.